The quantitative estimate of drug-likeness (QED) is 0.191. The zero-order chi connectivity index (χ0) is 25.4. The molecule has 0 saturated carbocycles. The van der Waals surface area contributed by atoms with Crippen LogP contribution in [0.1, 0.15) is 23.2 Å². The van der Waals surface area contributed by atoms with Crippen molar-refractivity contribution in [3.63, 3.8) is 0 Å². The number of carbonyl (C=O) groups excluding carboxylic acids is 3. The minimum Gasteiger partial charge on any atom is -0.391 e. The number of nitrogens with two attached hydrogens (primary N) is 3. The molecule has 1 aromatic carbocycles. The van der Waals surface area contributed by atoms with Crippen molar-refractivity contribution >= 4 is 29.4 Å². The highest BCUT2D eigenvalue weighted by atomic mass is 16.5. The third kappa shape index (κ3) is 6.96. The van der Waals surface area contributed by atoms with E-state index in [1.165, 1.54) is 6.08 Å². The number of amides is 3. The molecular weight excluding hydrogens is 452 g/mol. The van der Waals surface area contributed by atoms with Gasteiger partial charge in [-0.2, -0.15) is 0 Å². The first-order chi connectivity index (χ1) is 16.8. The molecule has 3 rings (SSSR count). The van der Waals surface area contributed by atoms with E-state index in [0.29, 0.717) is 50.6 Å². The minimum atomic E-state index is -0.854. The van der Waals surface area contributed by atoms with Crippen molar-refractivity contribution in [3.8, 4) is 0 Å². The van der Waals surface area contributed by atoms with Gasteiger partial charge in [0, 0.05) is 37.4 Å². The van der Waals surface area contributed by atoms with Crippen LogP contribution in [0.25, 0.3) is 0 Å². The lowest BCUT2D eigenvalue weighted by Gasteiger charge is -2.30. The Kier molecular flexibility index (Phi) is 8.68. The molecule has 2 saturated heterocycles. The second-order valence-electron chi connectivity index (χ2n) is 8.18. The number of hydrogen-bond donors (Lipinski definition) is 5. The van der Waals surface area contributed by atoms with Gasteiger partial charge >= 0.3 is 0 Å². The average molecular weight is 485 g/mol. The Hall–Kier alpha value is -4.06. The molecule has 2 aliphatic heterocycles. The molecule has 35 heavy (non-hydrogen) atoms. The average Bonchev–Trinajstić information content (AvgIpc) is 2.88. The van der Waals surface area contributed by atoms with Crippen molar-refractivity contribution in [1.29, 1.82) is 0 Å². The van der Waals surface area contributed by atoms with Crippen LogP contribution in [-0.2, 0) is 14.3 Å². The Labute approximate surface area is 203 Å². The number of likely N-dealkylation sites (tertiary alicyclic amines) is 1. The van der Waals surface area contributed by atoms with Crippen LogP contribution >= 0.6 is 0 Å². The van der Waals surface area contributed by atoms with Gasteiger partial charge < -0.3 is 42.4 Å². The number of primary amides is 1. The number of guanidine groups is 1. The fourth-order valence-electron chi connectivity index (χ4n) is 3.83. The van der Waals surface area contributed by atoms with Crippen LogP contribution in [0.15, 0.2) is 53.4 Å². The second kappa shape index (κ2) is 11.9. The predicted octanol–water partition coefficient (Wildman–Crippen LogP) is -0.735. The van der Waals surface area contributed by atoms with Gasteiger partial charge in [0.1, 0.15) is 11.5 Å². The van der Waals surface area contributed by atoms with Crippen molar-refractivity contribution in [2.45, 2.75) is 18.9 Å². The van der Waals surface area contributed by atoms with Gasteiger partial charge in [-0.25, -0.2) is 4.99 Å². The molecule has 1 atom stereocenters. The fraction of sp³-hybridized carbons (Fsp3) is 0.391. The van der Waals surface area contributed by atoms with E-state index in [9.17, 15) is 14.4 Å². The van der Waals surface area contributed by atoms with E-state index in [1.807, 2.05) is 0 Å². The Morgan fingerprint density at radius 1 is 1.06 bits per heavy atom. The maximum Gasteiger partial charge on any atom is 0.268 e. The van der Waals surface area contributed by atoms with Crippen LogP contribution in [0.5, 0.6) is 0 Å². The Bertz CT molecular complexity index is 1010. The number of piperidine rings is 1. The molecule has 2 heterocycles. The summed E-state index contributed by atoms with van der Waals surface area (Å²) in [7, 11) is 0. The molecule has 0 aromatic heterocycles. The molecule has 12 nitrogen and oxygen atoms in total. The highest BCUT2D eigenvalue weighted by Crippen LogP contribution is 2.16. The zero-order valence-corrected chi connectivity index (χ0v) is 19.5. The summed E-state index contributed by atoms with van der Waals surface area (Å²) in [4.78, 5) is 44.1. The van der Waals surface area contributed by atoms with Crippen molar-refractivity contribution in [2.75, 3.05) is 44.7 Å². The number of ether oxygens (including phenoxy) is 1. The second-order valence-corrected chi connectivity index (χ2v) is 8.18. The fourth-order valence-corrected chi connectivity index (χ4v) is 3.83. The van der Waals surface area contributed by atoms with Crippen LogP contribution in [-0.4, -0.2) is 78.9 Å². The lowest BCUT2D eigenvalue weighted by atomic mass is 10.1. The molecule has 0 spiro atoms. The van der Waals surface area contributed by atoms with Crippen molar-refractivity contribution < 1.29 is 19.1 Å². The van der Waals surface area contributed by atoms with Gasteiger partial charge in [-0.15, -0.1) is 0 Å². The molecule has 188 valence electrons. The minimum absolute atomic E-state index is 0.00807. The first-order valence-electron chi connectivity index (χ1n) is 11.3. The maximum absolute atomic E-state index is 12.6. The molecule has 0 bridgehead atoms. The highest BCUT2D eigenvalue weighted by molar-refractivity contribution is 5.95. The van der Waals surface area contributed by atoms with Gasteiger partial charge in [-0.3, -0.25) is 14.4 Å². The standard InChI is InChI=1S/C23H32N8O4/c1-2-18(32)31-9-3-4-17(14-31)28-23(26)29-21(19(24)20(25)33)27-16-7-5-15(6-8-16)22(34)30-10-12-35-13-11-30/h2,5-8,17,27H,1,3-4,9-14,24H2,(H2,25,33)(H3,26,28,29)/b21-19-/t17-/m1/s1. The number of nitrogens with one attached hydrogen (secondary N) is 2. The highest BCUT2D eigenvalue weighted by Gasteiger charge is 2.22. The number of carbonyl (C=O) groups is 3. The molecule has 1 aromatic rings. The monoisotopic (exact) mass is 484 g/mol. The lowest BCUT2D eigenvalue weighted by molar-refractivity contribution is -0.127. The van der Waals surface area contributed by atoms with Crippen LogP contribution in [0, 0.1) is 0 Å². The van der Waals surface area contributed by atoms with E-state index in [1.54, 1.807) is 34.1 Å². The summed E-state index contributed by atoms with van der Waals surface area (Å²) < 4.78 is 5.28. The Morgan fingerprint density at radius 2 is 1.74 bits per heavy atom. The molecule has 0 unspecified atom stereocenters. The van der Waals surface area contributed by atoms with Gasteiger partial charge in [0.25, 0.3) is 11.8 Å². The van der Waals surface area contributed by atoms with E-state index in [0.717, 1.165) is 12.8 Å². The zero-order valence-electron chi connectivity index (χ0n) is 19.5. The third-order valence-electron chi connectivity index (χ3n) is 5.69. The summed E-state index contributed by atoms with van der Waals surface area (Å²) >= 11 is 0. The van der Waals surface area contributed by atoms with E-state index in [-0.39, 0.29) is 35.3 Å². The van der Waals surface area contributed by atoms with Crippen molar-refractivity contribution in [3.05, 3.63) is 54.0 Å². The molecular formula is C23H32N8O4. The van der Waals surface area contributed by atoms with Crippen molar-refractivity contribution in [2.24, 2.45) is 22.2 Å². The number of nitrogens with zero attached hydrogens (tertiary/aromatic N) is 3. The topological polar surface area (TPSA) is 181 Å². The van der Waals surface area contributed by atoms with Crippen molar-refractivity contribution in [1.82, 2.24) is 15.1 Å². The molecule has 2 aliphatic rings. The number of hydrogen-bond acceptors (Lipinski definition) is 7. The maximum atomic E-state index is 12.6. The van der Waals surface area contributed by atoms with Gasteiger partial charge in [-0.1, -0.05) is 6.58 Å². The van der Waals surface area contributed by atoms with Crippen LogP contribution in [0.4, 0.5) is 5.69 Å². The van der Waals surface area contributed by atoms with Gasteiger partial charge in [0.05, 0.1) is 19.3 Å². The van der Waals surface area contributed by atoms with E-state index >= 15 is 0 Å². The van der Waals surface area contributed by atoms with Crippen LogP contribution in [0.3, 0.4) is 0 Å². The summed E-state index contributed by atoms with van der Waals surface area (Å²) in [5, 5.41) is 5.77. The summed E-state index contributed by atoms with van der Waals surface area (Å²) in [6, 6.07) is 6.47. The number of morpholine rings is 1. The smallest absolute Gasteiger partial charge is 0.268 e. The molecule has 2 fully saturated rings. The number of rotatable bonds is 7. The van der Waals surface area contributed by atoms with Gasteiger partial charge in [-0.05, 0) is 43.2 Å². The van der Waals surface area contributed by atoms with Crippen LogP contribution < -0.4 is 27.8 Å². The molecule has 0 radical (unpaired) electrons. The summed E-state index contributed by atoms with van der Waals surface area (Å²) in [5.74, 6) is -1.03. The first-order valence-corrected chi connectivity index (χ1v) is 11.3. The number of benzene rings is 1. The Balaban J connectivity index is 1.69. The molecule has 12 heteroatoms. The van der Waals surface area contributed by atoms with E-state index in [4.69, 9.17) is 21.9 Å². The van der Waals surface area contributed by atoms with Gasteiger partial charge in [0.2, 0.25) is 5.91 Å². The molecule has 8 N–H and O–H groups in total. The number of anilines is 1. The lowest BCUT2D eigenvalue weighted by Crippen LogP contribution is -2.43. The van der Waals surface area contributed by atoms with E-state index < -0.39 is 5.91 Å². The normalized spacial score (nSPS) is 19.4. The summed E-state index contributed by atoms with van der Waals surface area (Å²) in [6.07, 6.45) is 2.80. The van der Waals surface area contributed by atoms with Gasteiger partial charge in [0.15, 0.2) is 5.96 Å². The SMILES string of the molecule is C=CC(=O)N1CCC[C@@H](N=C(N)N/C(Nc2ccc(C(=O)N3CCOCC3)cc2)=C(\N)C(N)=O)C1. The largest absolute Gasteiger partial charge is 0.391 e. The number of aliphatic imine (C=N–C) groups is 1. The third-order valence-corrected chi connectivity index (χ3v) is 5.69. The van der Waals surface area contributed by atoms with E-state index in [2.05, 4.69) is 22.2 Å². The Morgan fingerprint density at radius 3 is 2.37 bits per heavy atom. The summed E-state index contributed by atoms with van der Waals surface area (Å²) in [6.45, 7) is 6.68. The first kappa shape index (κ1) is 25.6. The summed E-state index contributed by atoms with van der Waals surface area (Å²) in [5.41, 5.74) is 18.1. The molecule has 3 amide bonds. The molecule has 0 aliphatic carbocycles. The predicted molar refractivity (Wildman–Crippen MR) is 132 cm³/mol. The van der Waals surface area contributed by atoms with Crippen LogP contribution in [0.2, 0.25) is 0 Å².